The van der Waals surface area contributed by atoms with Gasteiger partial charge in [-0.15, -0.1) is 0 Å². The maximum atomic E-state index is 5.01. The van der Waals surface area contributed by atoms with Crippen LogP contribution in [0.3, 0.4) is 0 Å². The van der Waals surface area contributed by atoms with Crippen molar-refractivity contribution in [3.63, 3.8) is 0 Å². The van der Waals surface area contributed by atoms with E-state index in [9.17, 15) is 0 Å². The van der Waals surface area contributed by atoms with E-state index in [1.54, 1.807) is 0 Å². The van der Waals surface area contributed by atoms with Crippen molar-refractivity contribution < 1.29 is 9.78 Å². The molecule has 0 aromatic heterocycles. The number of hydrogen-bond acceptors (Lipinski definition) is 2. The molecule has 0 N–H and O–H groups in total. The Morgan fingerprint density at radius 2 is 1.92 bits per heavy atom. The van der Waals surface area contributed by atoms with Crippen molar-refractivity contribution in [1.29, 1.82) is 0 Å². The van der Waals surface area contributed by atoms with E-state index in [-0.39, 0.29) is 0 Å². The van der Waals surface area contributed by atoms with Crippen LogP contribution in [0, 0.1) is 0 Å². The topological polar surface area (TPSA) is 18.5 Å². The molecule has 2 nitrogen and oxygen atoms in total. The Morgan fingerprint density at radius 1 is 1.00 bits per heavy atom. The van der Waals surface area contributed by atoms with E-state index < -0.39 is 0 Å². The molecule has 0 radical (unpaired) electrons. The molecule has 1 aliphatic rings. The van der Waals surface area contributed by atoms with Gasteiger partial charge in [0.05, 0.1) is 0 Å². The third-order valence-corrected chi connectivity index (χ3v) is 2.35. The second kappa shape index (κ2) is 2.47. The molecule has 1 heterocycles. The average molecular weight is 172 g/mol. The minimum absolute atomic E-state index is 0.552. The van der Waals surface area contributed by atoms with Gasteiger partial charge in [-0.2, -0.15) is 4.89 Å². The van der Waals surface area contributed by atoms with Crippen LogP contribution < -0.4 is 4.89 Å². The first-order valence-corrected chi connectivity index (χ1v) is 4.25. The Bertz CT molecular complexity index is 463. The molecule has 2 aromatic rings. The van der Waals surface area contributed by atoms with Crippen LogP contribution in [0.5, 0.6) is 5.75 Å². The summed E-state index contributed by atoms with van der Waals surface area (Å²) in [5, 5.41) is 2.45. The maximum Gasteiger partial charge on any atom is 0.171 e. The molecular formula is C11H8O2. The smallest absolute Gasteiger partial charge is 0.171 e. The summed E-state index contributed by atoms with van der Waals surface area (Å²) in [5.41, 5.74) is 1.15. The SMILES string of the molecule is c1ccc2c3c(ccc2c1)OOC3. The Balaban J connectivity index is 2.43. The van der Waals surface area contributed by atoms with E-state index in [0.717, 1.165) is 11.3 Å². The van der Waals surface area contributed by atoms with Gasteiger partial charge in [-0.05, 0) is 16.8 Å². The van der Waals surface area contributed by atoms with Crippen molar-refractivity contribution in [2.75, 3.05) is 0 Å². The van der Waals surface area contributed by atoms with Crippen molar-refractivity contribution in [3.05, 3.63) is 42.0 Å². The fourth-order valence-electron chi connectivity index (χ4n) is 1.69. The largest absolute Gasteiger partial charge is 0.337 e. The molecule has 13 heavy (non-hydrogen) atoms. The van der Waals surface area contributed by atoms with Crippen molar-refractivity contribution in [2.24, 2.45) is 0 Å². The van der Waals surface area contributed by atoms with Crippen LogP contribution in [0.1, 0.15) is 5.56 Å². The molecule has 0 aliphatic carbocycles. The Kier molecular flexibility index (Phi) is 1.32. The summed E-state index contributed by atoms with van der Waals surface area (Å²) in [6.45, 7) is 0.552. The van der Waals surface area contributed by atoms with E-state index in [1.807, 2.05) is 24.3 Å². The third kappa shape index (κ3) is 0.924. The lowest BCUT2D eigenvalue weighted by Crippen LogP contribution is -1.80. The molecule has 2 heteroatoms. The zero-order valence-corrected chi connectivity index (χ0v) is 6.99. The first-order valence-electron chi connectivity index (χ1n) is 4.25. The second-order valence-corrected chi connectivity index (χ2v) is 3.11. The molecule has 3 rings (SSSR count). The molecule has 0 saturated heterocycles. The van der Waals surface area contributed by atoms with Crippen LogP contribution in [0.2, 0.25) is 0 Å². The van der Waals surface area contributed by atoms with Gasteiger partial charge in [-0.3, -0.25) is 0 Å². The number of benzene rings is 2. The first kappa shape index (κ1) is 6.92. The third-order valence-electron chi connectivity index (χ3n) is 2.35. The summed E-state index contributed by atoms with van der Waals surface area (Å²) < 4.78 is 0. The molecule has 0 spiro atoms. The predicted molar refractivity (Wildman–Crippen MR) is 49.4 cm³/mol. The number of fused-ring (bicyclic) bond motifs is 3. The minimum Gasteiger partial charge on any atom is -0.337 e. The van der Waals surface area contributed by atoms with Crippen LogP contribution in [-0.2, 0) is 11.5 Å². The molecule has 2 aromatic carbocycles. The Labute approximate surface area is 75.6 Å². The lowest BCUT2D eigenvalue weighted by Gasteiger charge is -2.00. The van der Waals surface area contributed by atoms with Gasteiger partial charge < -0.3 is 4.89 Å². The second-order valence-electron chi connectivity index (χ2n) is 3.11. The van der Waals surface area contributed by atoms with Gasteiger partial charge >= 0.3 is 0 Å². The van der Waals surface area contributed by atoms with Crippen LogP contribution in [0.15, 0.2) is 36.4 Å². The van der Waals surface area contributed by atoms with Crippen molar-refractivity contribution >= 4 is 10.8 Å². The van der Waals surface area contributed by atoms with E-state index in [4.69, 9.17) is 9.78 Å². The van der Waals surface area contributed by atoms with Gasteiger partial charge in [0.1, 0.15) is 6.61 Å². The normalized spacial score (nSPS) is 14.2. The molecule has 0 bridgehead atoms. The van der Waals surface area contributed by atoms with Gasteiger partial charge in [0.25, 0.3) is 0 Å². The lowest BCUT2D eigenvalue weighted by atomic mass is 10.0. The standard InChI is InChI=1S/C11H8O2/c1-2-4-9-8(3-1)5-6-11-10(9)7-12-13-11/h1-6H,7H2. The Hall–Kier alpha value is -1.54. The van der Waals surface area contributed by atoms with Crippen LogP contribution in [-0.4, -0.2) is 0 Å². The quantitative estimate of drug-likeness (QED) is 0.569. The van der Waals surface area contributed by atoms with Crippen molar-refractivity contribution in [3.8, 4) is 5.75 Å². The summed E-state index contributed by atoms with van der Waals surface area (Å²) in [5.74, 6) is 0.846. The molecule has 0 saturated carbocycles. The van der Waals surface area contributed by atoms with Crippen molar-refractivity contribution in [2.45, 2.75) is 6.61 Å². The molecule has 0 unspecified atom stereocenters. The zero-order chi connectivity index (χ0) is 8.67. The fourth-order valence-corrected chi connectivity index (χ4v) is 1.69. The van der Waals surface area contributed by atoms with Crippen LogP contribution in [0.25, 0.3) is 10.8 Å². The molecule has 0 amide bonds. The van der Waals surface area contributed by atoms with Crippen LogP contribution in [0.4, 0.5) is 0 Å². The highest BCUT2D eigenvalue weighted by Crippen LogP contribution is 2.32. The highest BCUT2D eigenvalue weighted by Gasteiger charge is 2.15. The summed E-state index contributed by atoms with van der Waals surface area (Å²) in [7, 11) is 0. The van der Waals surface area contributed by atoms with Gasteiger partial charge in [0.15, 0.2) is 5.75 Å². The van der Waals surface area contributed by atoms with Gasteiger partial charge in [0.2, 0.25) is 0 Å². The first-order chi connectivity index (χ1) is 6.45. The highest BCUT2D eigenvalue weighted by atomic mass is 17.2. The number of hydrogen-bond donors (Lipinski definition) is 0. The van der Waals surface area contributed by atoms with E-state index in [1.165, 1.54) is 10.8 Å². The molecule has 1 aliphatic heterocycles. The molecule has 0 atom stereocenters. The van der Waals surface area contributed by atoms with Crippen LogP contribution >= 0.6 is 0 Å². The van der Waals surface area contributed by atoms with Gasteiger partial charge in [0, 0.05) is 5.56 Å². The number of rotatable bonds is 0. The van der Waals surface area contributed by atoms with E-state index >= 15 is 0 Å². The molecule has 0 fully saturated rings. The molecular weight excluding hydrogens is 164 g/mol. The summed E-state index contributed by atoms with van der Waals surface area (Å²) in [6, 6.07) is 12.2. The predicted octanol–water partition coefficient (Wildman–Crippen LogP) is 2.66. The lowest BCUT2D eigenvalue weighted by molar-refractivity contribution is -0.194. The summed E-state index contributed by atoms with van der Waals surface area (Å²) in [6.07, 6.45) is 0. The average Bonchev–Trinajstić information content (AvgIpc) is 2.65. The summed E-state index contributed by atoms with van der Waals surface area (Å²) in [4.78, 5) is 9.93. The zero-order valence-electron chi connectivity index (χ0n) is 6.99. The fraction of sp³-hybridized carbons (Fsp3) is 0.0909. The molecule has 64 valence electrons. The Morgan fingerprint density at radius 3 is 2.92 bits per heavy atom. The monoisotopic (exact) mass is 172 g/mol. The van der Waals surface area contributed by atoms with E-state index in [0.29, 0.717) is 6.61 Å². The maximum absolute atomic E-state index is 5.01. The van der Waals surface area contributed by atoms with Gasteiger partial charge in [-0.1, -0.05) is 30.3 Å². The summed E-state index contributed by atoms with van der Waals surface area (Å²) >= 11 is 0. The van der Waals surface area contributed by atoms with E-state index in [2.05, 4.69) is 12.1 Å². The minimum atomic E-state index is 0.552. The highest BCUT2D eigenvalue weighted by molar-refractivity contribution is 5.87. The van der Waals surface area contributed by atoms with Gasteiger partial charge in [-0.25, -0.2) is 0 Å². The van der Waals surface area contributed by atoms with Crippen molar-refractivity contribution in [1.82, 2.24) is 0 Å².